The van der Waals surface area contributed by atoms with Crippen molar-refractivity contribution in [2.24, 2.45) is 14.1 Å². The van der Waals surface area contributed by atoms with Crippen LogP contribution in [0.4, 0.5) is 0 Å². The second-order valence-electron chi connectivity index (χ2n) is 9.52. The number of esters is 1. The molecule has 11 nitrogen and oxygen atoms in total. The summed E-state index contributed by atoms with van der Waals surface area (Å²) in [5.41, 5.74) is 1.67. The molecule has 0 unspecified atom stereocenters. The van der Waals surface area contributed by atoms with E-state index in [9.17, 15) is 19.2 Å². The molecule has 2 aromatic heterocycles. The van der Waals surface area contributed by atoms with E-state index in [-0.39, 0.29) is 31.2 Å². The highest BCUT2D eigenvalue weighted by Gasteiger charge is 2.42. The van der Waals surface area contributed by atoms with E-state index in [2.05, 4.69) is 10.6 Å². The highest BCUT2D eigenvalue weighted by atomic mass is 16.5. The third-order valence-corrected chi connectivity index (χ3v) is 6.94. The van der Waals surface area contributed by atoms with Crippen molar-refractivity contribution in [3.05, 3.63) is 77.9 Å². The maximum Gasteiger partial charge on any atom is 0.328 e. The molecule has 0 radical (unpaired) electrons. The Morgan fingerprint density at radius 3 is 2.15 bits per heavy atom. The largest absolute Gasteiger partial charge is 0.497 e. The first-order valence-corrected chi connectivity index (χ1v) is 12.6. The average molecular weight is 536 g/mol. The standard InChI is InChI=1S/C28H33N5O6/c1-31-13-5-7-22(31)25(34)29-19-16-24(33(17-19)27(36)23-8-6-14-32(23)2)26(35)30-21(28(37)39-4)15-18-9-11-20(38-3)12-10-18/h5-14,19,21,24H,15-17H2,1-4H3,(H,29,34)(H,30,35)/t19-,21-,24-/m0/s1. The van der Waals surface area contributed by atoms with Crippen LogP contribution in [-0.4, -0.2) is 76.6 Å². The molecule has 3 heterocycles. The van der Waals surface area contributed by atoms with Gasteiger partial charge in [-0.05, 0) is 48.4 Å². The van der Waals surface area contributed by atoms with Gasteiger partial charge in [-0.15, -0.1) is 0 Å². The third kappa shape index (κ3) is 6.14. The van der Waals surface area contributed by atoms with Gasteiger partial charge < -0.3 is 34.1 Å². The number of nitrogens with zero attached hydrogens (tertiary/aromatic N) is 3. The fourth-order valence-electron chi connectivity index (χ4n) is 4.80. The van der Waals surface area contributed by atoms with Crippen LogP contribution in [0, 0.1) is 0 Å². The number of benzene rings is 1. The van der Waals surface area contributed by atoms with E-state index in [1.807, 2.05) is 0 Å². The highest BCUT2D eigenvalue weighted by molar-refractivity contribution is 5.98. The van der Waals surface area contributed by atoms with E-state index in [1.165, 1.54) is 12.0 Å². The Hall–Kier alpha value is -4.54. The molecule has 0 saturated carbocycles. The minimum Gasteiger partial charge on any atom is -0.497 e. The Kier molecular flexibility index (Phi) is 8.38. The SMILES string of the molecule is COC(=O)[C@H](Cc1ccc(OC)cc1)NC(=O)[C@@H]1C[C@H](NC(=O)c2cccn2C)CN1C(=O)c1cccn1C. The number of carbonyl (C=O) groups excluding carboxylic acids is 4. The summed E-state index contributed by atoms with van der Waals surface area (Å²) in [5, 5.41) is 5.73. The molecule has 206 valence electrons. The monoisotopic (exact) mass is 535 g/mol. The number of aryl methyl sites for hydroxylation is 2. The van der Waals surface area contributed by atoms with Crippen LogP contribution < -0.4 is 15.4 Å². The number of hydrogen-bond donors (Lipinski definition) is 2. The van der Waals surface area contributed by atoms with Crippen molar-refractivity contribution in [3.8, 4) is 5.75 Å². The normalized spacial score (nSPS) is 17.4. The maximum atomic E-state index is 13.6. The van der Waals surface area contributed by atoms with Gasteiger partial charge in [-0.1, -0.05) is 12.1 Å². The molecule has 0 aliphatic carbocycles. The number of amides is 3. The lowest BCUT2D eigenvalue weighted by molar-refractivity contribution is -0.145. The fraction of sp³-hybridized carbons (Fsp3) is 0.357. The predicted octanol–water partition coefficient (Wildman–Crippen LogP) is 1.29. The van der Waals surface area contributed by atoms with Crippen LogP contribution in [-0.2, 0) is 34.8 Å². The molecule has 1 aliphatic rings. The van der Waals surface area contributed by atoms with Gasteiger partial charge >= 0.3 is 5.97 Å². The molecule has 2 N–H and O–H groups in total. The van der Waals surface area contributed by atoms with Crippen LogP contribution >= 0.6 is 0 Å². The van der Waals surface area contributed by atoms with Gasteiger partial charge in [0, 0.05) is 45.5 Å². The molecule has 1 fully saturated rings. The van der Waals surface area contributed by atoms with E-state index < -0.39 is 30.0 Å². The number of hydrogen-bond acceptors (Lipinski definition) is 6. The molecular weight excluding hydrogens is 502 g/mol. The molecule has 4 rings (SSSR count). The Morgan fingerprint density at radius 2 is 1.59 bits per heavy atom. The van der Waals surface area contributed by atoms with Gasteiger partial charge in [0.05, 0.1) is 14.2 Å². The van der Waals surface area contributed by atoms with Crippen molar-refractivity contribution in [2.75, 3.05) is 20.8 Å². The minimum atomic E-state index is -0.972. The van der Waals surface area contributed by atoms with Gasteiger partial charge in [0.15, 0.2) is 0 Å². The second-order valence-corrected chi connectivity index (χ2v) is 9.52. The lowest BCUT2D eigenvalue weighted by atomic mass is 10.0. The first-order chi connectivity index (χ1) is 18.7. The van der Waals surface area contributed by atoms with Crippen LogP contribution in [0.15, 0.2) is 60.9 Å². The van der Waals surface area contributed by atoms with Crippen molar-refractivity contribution in [1.29, 1.82) is 0 Å². The summed E-state index contributed by atoms with van der Waals surface area (Å²) in [6.07, 6.45) is 3.89. The summed E-state index contributed by atoms with van der Waals surface area (Å²) in [7, 11) is 6.33. The first-order valence-electron chi connectivity index (χ1n) is 12.6. The molecule has 1 aromatic carbocycles. The lowest BCUT2D eigenvalue weighted by Gasteiger charge is -2.26. The summed E-state index contributed by atoms with van der Waals surface area (Å²) in [4.78, 5) is 54.0. The summed E-state index contributed by atoms with van der Waals surface area (Å²) >= 11 is 0. The molecule has 1 saturated heterocycles. The molecule has 39 heavy (non-hydrogen) atoms. The Labute approximate surface area is 226 Å². The Balaban J connectivity index is 1.54. The molecular formula is C28H33N5O6. The quantitative estimate of drug-likeness (QED) is 0.398. The van der Waals surface area contributed by atoms with Crippen molar-refractivity contribution in [3.63, 3.8) is 0 Å². The topological polar surface area (TPSA) is 124 Å². The van der Waals surface area contributed by atoms with Gasteiger partial charge in [-0.2, -0.15) is 0 Å². The Bertz CT molecular complexity index is 1340. The van der Waals surface area contributed by atoms with Gasteiger partial charge in [0.2, 0.25) is 5.91 Å². The van der Waals surface area contributed by atoms with E-state index in [4.69, 9.17) is 9.47 Å². The first kappa shape index (κ1) is 27.5. The van der Waals surface area contributed by atoms with Crippen LogP contribution in [0.5, 0.6) is 5.75 Å². The van der Waals surface area contributed by atoms with E-state index in [0.717, 1.165) is 5.56 Å². The maximum absolute atomic E-state index is 13.6. The number of methoxy groups -OCH3 is 2. The summed E-state index contributed by atoms with van der Waals surface area (Å²) in [6, 6.07) is 11.7. The van der Waals surface area contributed by atoms with Crippen molar-refractivity contribution >= 4 is 23.7 Å². The number of aromatic nitrogens is 2. The van der Waals surface area contributed by atoms with E-state index in [0.29, 0.717) is 17.1 Å². The summed E-state index contributed by atoms with van der Waals surface area (Å²) in [6.45, 7) is 0.139. The molecule has 0 spiro atoms. The van der Waals surface area contributed by atoms with Crippen molar-refractivity contribution in [2.45, 2.75) is 31.0 Å². The van der Waals surface area contributed by atoms with E-state index >= 15 is 0 Å². The molecule has 3 atom stereocenters. The summed E-state index contributed by atoms with van der Waals surface area (Å²) < 4.78 is 13.5. The summed E-state index contributed by atoms with van der Waals surface area (Å²) in [5.74, 6) is -1.08. The number of nitrogens with one attached hydrogen (secondary N) is 2. The fourth-order valence-corrected chi connectivity index (χ4v) is 4.80. The van der Waals surface area contributed by atoms with Crippen LogP contribution in [0.1, 0.15) is 33.0 Å². The molecule has 3 amide bonds. The average Bonchev–Trinajstić information content (AvgIpc) is 3.67. The lowest BCUT2D eigenvalue weighted by Crippen LogP contribution is -2.52. The zero-order valence-corrected chi connectivity index (χ0v) is 22.4. The van der Waals surface area contributed by atoms with Crippen LogP contribution in [0.2, 0.25) is 0 Å². The minimum absolute atomic E-state index is 0.139. The van der Waals surface area contributed by atoms with Gasteiger partial charge in [0.25, 0.3) is 11.8 Å². The van der Waals surface area contributed by atoms with Crippen molar-refractivity contribution < 1.29 is 28.7 Å². The van der Waals surface area contributed by atoms with Gasteiger partial charge in [-0.25, -0.2) is 4.79 Å². The number of rotatable bonds is 9. The van der Waals surface area contributed by atoms with Gasteiger partial charge in [0.1, 0.15) is 29.2 Å². The number of carbonyl (C=O) groups is 4. The zero-order valence-electron chi connectivity index (χ0n) is 22.4. The zero-order chi connectivity index (χ0) is 28.1. The number of likely N-dealkylation sites (tertiary alicyclic amines) is 1. The van der Waals surface area contributed by atoms with E-state index in [1.54, 1.807) is 91.3 Å². The van der Waals surface area contributed by atoms with Crippen LogP contribution in [0.25, 0.3) is 0 Å². The predicted molar refractivity (Wildman–Crippen MR) is 142 cm³/mol. The second kappa shape index (κ2) is 11.9. The van der Waals surface area contributed by atoms with Crippen molar-refractivity contribution in [1.82, 2.24) is 24.7 Å². The van der Waals surface area contributed by atoms with Crippen LogP contribution in [0.3, 0.4) is 0 Å². The molecule has 3 aromatic rings. The molecule has 0 bridgehead atoms. The highest BCUT2D eigenvalue weighted by Crippen LogP contribution is 2.23. The molecule has 1 aliphatic heterocycles. The van der Waals surface area contributed by atoms with Gasteiger partial charge in [-0.3, -0.25) is 14.4 Å². The number of ether oxygens (including phenoxy) is 2. The smallest absolute Gasteiger partial charge is 0.328 e. The molecule has 11 heteroatoms. The Morgan fingerprint density at radius 1 is 0.949 bits per heavy atom. The third-order valence-electron chi connectivity index (χ3n) is 6.94.